The zero-order valence-electron chi connectivity index (χ0n) is 15.7. The Labute approximate surface area is 175 Å². The van der Waals surface area contributed by atoms with Gasteiger partial charge >= 0.3 is 0 Å². The zero-order chi connectivity index (χ0) is 21.3. The van der Waals surface area contributed by atoms with Crippen LogP contribution in [-0.4, -0.2) is 20.8 Å². The minimum Gasteiger partial charge on any atom is -0.355 e. The number of benzene rings is 2. The molecule has 6 nitrogen and oxygen atoms in total. The second-order valence-corrected chi connectivity index (χ2v) is 7.01. The van der Waals surface area contributed by atoms with Crippen LogP contribution in [0, 0.1) is 18.6 Å². The predicted octanol–water partition coefficient (Wildman–Crippen LogP) is 5.08. The average Bonchev–Trinajstić information content (AvgIpc) is 3.32. The highest BCUT2D eigenvalue weighted by Crippen LogP contribution is 2.22. The number of carbonyl (C=O) groups excluding carboxylic acids is 1. The molecule has 4 rings (SSSR count). The minimum absolute atomic E-state index is 0.0584. The van der Waals surface area contributed by atoms with Gasteiger partial charge in [-0.25, -0.2) is 8.78 Å². The molecule has 30 heavy (non-hydrogen) atoms. The fourth-order valence-electron chi connectivity index (χ4n) is 2.86. The Morgan fingerprint density at radius 1 is 1.10 bits per heavy atom. The van der Waals surface area contributed by atoms with Crippen molar-refractivity contribution in [3.05, 3.63) is 88.2 Å². The van der Waals surface area contributed by atoms with Crippen molar-refractivity contribution in [2.75, 3.05) is 5.32 Å². The number of halogens is 3. The van der Waals surface area contributed by atoms with Gasteiger partial charge in [0.2, 0.25) is 0 Å². The van der Waals surface area contributed by atoms with E-state index in [1.165, 1.54) is 42.5 Å². The molecule has 0 unspecified atom stereocenters. The number of aryl methyl sites for hydroxylation is 1. The van der Waals surface area contributed by atoms with Crippen LogP contribution in [0.1, 0.15) is 21.7 Å². The van der Waals surface area contributed by atoms with Crippen LogP contribution in [0.4, 0.5) is 14.6 Å². The second kappa shape index (κ2) is 8.08. The Kier molecular flexibility index (Phi) is 5.33. The molecule has 0 saturated heterocycles. The molecule has 9 heteroatoms. The molecule has 1 N–H and O–H groups in total. The van der Waals surface area contributed by atoms with Crippen molar-refractivity contribution in [1.82, 2.24) is 14.9 Å². The first kappa shape index (κ1) is 19.8. The molecule has 0 fully saturated rings. The molecule has 0 aliphatic heterocycles. The van der Waals surface area contributed by atoms with Crippen LogP contribution in [0.25, 0.3) is 11.3 Å². The Morgan fingerprint density at radius 2 is 1.83 bits per heavy atom. The Morgan fingerprint density at radius 3 is 2.57 bits per heavy atom. The number of anilines is 1. The van der Waals surface area contributed by atoms with Gasteiger partial charge in [-0.15, -0.1) is 0 Å². The van der Waals surface area contributed by atoms with E-state index in [4.69, 9.17) is 16.1 Å². The number of rotatable bonds is 5. The Bertz CT molecular complexity index is 1220. The molecule has 2 aromatic carbocycles. The third kappa shape index (κ3) is 4.23. The number of nitrogens with one attached hydrogen (secondary N) is 1. The lowest BCUT2D eigenvalue weighted by atomic mass is 10.1. The highest BCUT2D eigenvalue weighted by atomic mass is 35.5. The topological polar surface area (TPSA) is 73.0 Å². The third-order valence-corrected chi connectivity index (χ3v) is 4.78. The molecule has 152 valence electrons. The first-order valence-corrected chi connectivity index (χ1v) is 9.29. The molecule has 0 aliphatic rings. The summed E-state index contributed by atoms with van der Waals surface area (Å²) in [5, 5.41) is 11.1. The maximum absolute atomic E-state index is 13.2. The molecule has 0 radical (unpaired) electrons. The van der Waals surface area contributed by atoms with Gasteiger partial charge in [0.1, 0.15) is 11.6 Å². The molecule has 1 amide bonds. The van der Waals surface area contributed by atoms with Crippen LogP contribution in [-0.2, 0) is 6.54 Å². The summed E-state index contributed by atoms with van der Waals surface area (Å²) in [7, 11) is 0. The van der Waals surface area contributed by atoms with Crippen molar-refractivity contribution >= 4 is 23.3 Å². The van der Waals surface area contributed by atoms with Gasteiger partial charge in [0.05, 0.1) is 6.54 Å². The molecule has 0 bridgehead atoms. The van der Waals surface area contributed by atoms with E-state index in [-0.39, 0.29) is 11.5 Å². The van der Waals surface area contributed by atoms with E-state index in [1.807, 2.05) is 6.92 Å². The SMILES string of the molecule is Cc1cc(NC(=O)c2cc(-c3ccc(F)cc3)on2)nn1Cc1ccc(F)cc1Cl. The molecule has 4 aromatic rings. The van der Waals surface area contributed by atoms with Crippen molar-refractivity contribution in [3.8, 4) is 11.3 Å². The summed E-state index contributed by atoms with van der Waals surface area (Å²) in [6.07, 6.45) is 0. The van der Waals surface area contributed by atoms with Crippen LogP contribution in [0.3, 0.4) is 0 Å². The van der Waals surface area contributed by atoms with Crippen molar-refractivity contribution in [2.24, 2.45) is 0 Å². The third-order valence-electron chi connectivity index (χ3n) is 4.43. The summed E-state index contributed by atoms with van der Waals surface area (Å²) in [5.74, 6) is -0.628. The first-order valence-electron chi connectivity index (χ1n) is 8.91. The monoisotopic (exact) mass is 428 g/mol. The number of nitrogens with zero attached hydrogens (tertiary/aromatic N) is 3. The number of hydrogen-bond donors (Lipinski definition) is 1. The van der Waals surface area contributed by atoms with Gasteiger partial charge in [-0.1, -0.05) is 22.8 Å². The molecular weight excluding hydrogens is 414 g/mol. The molecule has 0 aliphatic carbocycles. The van der Waals surface area contributed by atoms with Gasteiger partial charge in [-0.3, -0.25) is 9.48 Å². The number of amides is 1. The number of aromatic nitrogens is 3. The molecular formula is C21H15ClF2N4O2. The fraction of sp³-hybridized carbons (Fsp3) is 0.0952. The Balaban J connectivity index is 1.48. The van der Waals surface area contributed by atoms with Crippen LogP contribution < -0.4 is 5.32 Å². The normalized spacial score (nSPS) is 10.9. The summed E-state index contributed by atoms with van der Waals surface area (Å²) < 4.78 is 33.1. The molecule has 0 spiro atoms. The van der Waals surface area contributed by atoms with E-state index in [0.29, 0.717) is 34.3 Å². The summed E-state index contributed by atoms with van der Waals surface area (Å²) >= 11 is 6.07. The lowest BCUT2D eigenvalue weighted by Crippen LogP contribution is -2.13. The second-order valence-electron chi connectivity index (χ2n) is 6.60. The highest BCUT2D eigenvalue weighted by Gasteiger charge is 2.16. The van der Waals surface area contributed by atoms with Gasteiger partial charge in [0.15, 0.2) is 17.3 Å². The molecule has 2 heterocycles. The minimum atomic E-state index is -0.503. The van der Waals surface area contributed by atoms with E-state index in [9.17, 15) is 13.6 Å². The van der Waals surface area contributed by atoms with Crippen molar-refractivity contribution in [1.29, 1.82) is 0 Å². The van der Waals surface area contributed by atoms with Crippen LogP contribution in [0.5, 0.6) is 0 Å². The van der Waals surface area contributed by atoms with Crippen LogP contribution in [0.15, 0.2) is 59.1 Å². The van der Waals surface area contributed by atoms with Gasteiger partial charge in [-0.2, -0.15) is 5.10 Å². The first-order chi connectivity index (χ1) is 14.4. The Hall–Kier alpha value is -3.52. The largest absolute Gasteiger partial charge is 0.355 e. The van der Waals surface area contributed by atoms with Crippen molar-refractivity contribution in [3.63, 3.8) is 0 Å². The standard InChI is InChI=1S/C21H15ClF2N4O2/c1-12-8-20(26-28(12)11-14-4-7-16(24)9-17(14)22)25-21(29)18-10-19(30-27-18)13-2-5-15(23)6-3-13/h2-10H,11H2,1H3,(H,25,26,29). The summed E-state index contributed by atoms with van der Waals surface area (Å²) in [5.41, 5.74) is 2.13. The maximum Gasteiger partial charge on any atom is 0.279 e. The zero-order valence-corrected chi connectivity index (χ0v) is 16.5. The molecule has 2 aromatic heterocycles. The van der Waals surface area contributed by atoms with Gasteiger partial charge in [0, 0.05) is 28.4 Å². The summed E-state index contributed by atoms with van der Waals surface area (Å²) in [4.78, 5) is 12.5. The molecule has 0 saturated carbocycles. The van der Waals surface area contributed by atoms with Gasteiger partial charge in [-0.05, 0) is 48.9 Å². The molecule has 0 atom stereocenters. The number of hydrogen-bond acceptors (Lipinski definition) is 4. The van der Waals surface area contributed by atoms with E-state index in [1.54, 1.807) is 16.8 Å². The van der Waals surface area contributed by atoms with Gasteiger partial charge in [0.25, 0.3) is 5.91 Å². The average molecular weight is 429 g/mol. The predicted molar refractivity (Wildman–Crippen MR) is 107 cm³/mol. The summed E-state index contributed by atoms with van der Waals surface area (Å²) in [6, 6.07) is 12.9. The fourth-order valence-corrected chi connectivity index (χ4v) is 3.08. The lowest BCUT2D eigenvalue weighted by molar-refractivity contribution is 0.101. The lowest BCUT2D eigenvalue weighted by Gasteiger charge is -2.06. The van der Waals surface area contributed by atoms with E-state index < -0.39 is 11.7 Å². The van der Waals surface area contributed by atoms with Gasteiger partial charge < -0.3 is 9.84 Å². The summed E-state index contributed by atoms with van der Waals surface area (Å²) in [6.45, 7) is 2.14. The maximum atomic E-state index is 13.2. The van der Waals surface area contributed by atoms with E-state index >= 15 is 0 Å². The van der Waals surface area contributed by atoms with Crippen LogP contribution in [0.2, 0.25) is 5.02 Å². The number of carbonyl (C=O) groups is 1. The van der Waals surface area contributed by atoms with Crippen molar-refractivity contribution in [2.45, 2.75) is 13.5 Å². The van der Waals surface area contributed by atoms with Crippen LogP contribution >= 0.6 is 11.6 Å². The van der Waals surface area contributed by atoms with Crippen molar-refractivity contribution < 1.29 is 18.1 Å². The highest BCUT2D eigenvalue weighted by molar-refractivity contribution is 6.31. The quantitative estimate of drug-likeness (QED) is 0.481. The smallest absolute Gasteiger partial charge is 0.279 e. The van der Waals surface area contributed by atoms with E-state index in [0.717, 1.165) is 5.69 Å². The van der Waals surface area contributed by atoms with E-state index in [2.05, 4.69) is 15.6 Å².